The zero-order chi connectivity index (χ0) is 13.7. The Bertz CT molecular complexity index is 413. The number of ether oxygens (including phenoxy) is 2. The number of esters is 1. The SMILES string of the molecule is CCOC(=O)c1nn(C(C)C)c(N)c1CCOC. The van der Waals surface area contributed by atoms with Crippen molar-refractivity contribution in [3.63, 3.8) is 0 Å². The third-order valence-electron chi connectivity index (χ3n) is 2.56. The number of carbonyl (C=O) groups excluding carboxylic acids is 1. The third kappa shape index (κ3) is 3.01. The highest BCUT2D eigenvalue weighted by Gasteiger charge is 2.23. The first-order chi connectivity index (χ1) is 8.52. The van der Waals surface area contributed by atoms with Gasteiger partial charge in [0.25, 0.3) is 0 Å². The molecule has 0 aliphatic rings. The second kappa shape index (κ2) is 6.39. The number of carbonyl (C=O) groups is 1. The quantitative estimate of drug-likeness (QED) is 0.777. The molecule has 0 amide bonds. The summed E-state index contributed by atoms with van der Waals surface area (Å²) < 4.78 is 11.6. The van der Waals surface area contributed by atoms with Crippen LogP contribution in [0.3, 0.4) is 0 Å². The highest BCUT2D eigenvalue weighted by Crippen LogP contribution is 2.22. The first kappa shape index (κ1) is 14.5. The van der Waals surface area contributed by atoms with Gasteiger partial charge in [-0.1, -0.05) is 0 Å². The zero-order valence-electron chi connectivity index (χ0n) is 11.4. The van der Waals surface area contributed by atoms with Crippen molar-refractivity contribution in [3.05, 3.63) is 11.3 Å². The molecule has 6 heteroatoms. The second-order valence-electron chi connectivity index (χ2n) is 4.21. The summed E-state index contributed by atoms with van der Waals surface area (Å²) in [6.45, 7) is 6.48. The van der Waals surface area contributed by atoms with Gasteiger partial charge < -0.3 is 15.2 Å². The molecule has 1 heterocycles. The van der Waals surface area contributed by atoms with Gasteiger partial charge in [0.1, 0.15) is 5.82 Å². The standard InChI is InChI=1S/C12H21N3O3/c1-5-18-12(16)10-9(6-7-17-4)11(13)15(14-10)8(2)3/h8H,5-7,13H2,1-4H3. The molecule has 0 saturated heterocycles. The third-order valence-corrected chi connectivity index (χ3v) is 2.56. The van der Waals surface area contributed by atoms with Gasteiger partial charge in [-0.15, -0.1) is 0 Å². The molecule has 18 heavy (non-hydrogen) atoms. The monoisotopic (exact) mass is 255 g/mol. The lowest BCUT2D eigenvalue weighted by molar-refractivity contribution is 0.0516. The van der Waals surface area contributed by atoms with Crippen LogP contribution in [-0.2, 0) is 15.9 Å². The van der Waals surface area contributed by atoms with E-state index in [9.17, 15) is 4.79 Å². The lowest BCUT2D eigenvalue weighted by Crippen LogP contribution is -2.10. The van der Waals surface area contributed by atoms with Gasteiger partial charge in [0.15, 0.2) is 5.69 Å². The first-order valence-corrected chi connectivity index (χ1v) is 6.05. The van der Waals surface area contributed by atoms with Crippen molar-refractivity contribution in [2.75, 3.05) is 26.1 Å². The molecule has 0 bridgehead atoms. The molecular weight excluding hydrogens is 234 g/mol. The summed E-state index contributed by atoms with van der Waals surface area (Å²) in [7, 11) is 1.60. The van der Waals surface area contributed by atoms with E-state index in [0.717, 1.165) is 0 Å². The minimum Gasteiger partial charge on any atom is -0.461 e. The topological polar surface area (TPSA) is 79.4 Å². The molecule has 0 aliphatic heterocycles. The largest absolute Gasteiger partial charge is 0.461 e. The molecule has 1 aromatic rings. The smallest absolute Gasteiger partial charge is 0.359 e. The van der Waals surface area contributed by atoms with Crippen LogP contribution in [-0.4, -0.2) is 36.1 Å². The molecule has 102 valence electrons. The van der Waals surface area contributed by atoms with Gasteiger partial charge in [0.2, 0.25) is 0 Å². The average Bonchev–Trinajstić information content (AvgIpc) is 2.64. The van der Waals surface area contributed by atoms with Crippen LogP contribution in [0, 0.1) is 0 Å². The number of anilines is 1. The molecule has 0 fully saturated rings. The summed E-state index contributed by atoms with van der Waals surface area (Å²) in [6.07, 6.45) is 0.545. The maximum atomic E-state index is 11.8. The maximum Gasteiger partial charge on any atom is 0.359 e. The van der Waals surface area contributed by atoms with Gasteiger partial charge in [-0.3, -0.25) is 0 Å². The van der Waals surface area contributed by atoms with E-state index in [4.69, 9.17) is 15.2 Å². The summed E-state index contributed by atoms with van der Waals surface area (Å²) in [5.41, 5.74) is 7.01. The maximum absolute atomic E-state index is 11.8. The van der Waals surface area contributed by atoms with Gasteiger partial charge >= 0.3 is 5.97 Å². The van der Waals surface area contributed by atoms with E-state index in [1.807, 2.05) is 13.8 Å². The Morgan fingerprint density at radius 2 is 2.17 bits per heavy atom. The molecule has 0 aliphatic carbocycles. The Morgan fingerprint density at radius 1 is 1.50 bits per heavy atom. The van der Waals surface area contributed by atoms with Gasteiger partial charge in [0.05, 0.1) is 13.2 Å². The normalized spacial score (nSPS) is 10.9. The Morgan fingerprint density at radius 3 is 2.67 bits per heavy atom. The number of nitrogen functional groups attached to an aromatic ring is 1. The lowest BCUT2D eigenvalue weighted by Gasteiger charge is -2.07. The van der Waals surface area contributed by atoms with Crippen molar-refractivity contribution >= 4 is 11.8 Å². The van der Waals surface area contributed by atoms with Crippen LogP contribution in [0.2, 0.25) is 0 Å². The zero-order valence-corrected chi connectivity index (χ0v) is 11.4. The summed E-state index contributed by atoms with van der Waals surface area (Å²) in [4.78, 5) is 11.8. The van der Waals surface area contributed by atoms with Crippen molar-refractivity contribution in [2.24, 2.45) is 0 Å². The van der Waals surface area contributed by atoms with Crippen molar-refractivity contribution in [3.8, 4) is 0 Å². The summed E-state index contributed by atoms with van der Waals surface area (Å²) in [5, 5.41) is 4.24. The van der Waals surface area contributed by atoms with Crippen LogP contribution in [0.15, 0.2) is 0 Å². The van der Waals surface area contributed by atoms with E-state index < -0.39 is 5.97 Å². The molecule has 1 rings (SSSR count). The van der Waals surface area contributed by atoms with Crippen molar-refractivity contribution < 1.29 is 14.3 Å². The molecule has 2 N–H and O–H groups in total. The molecule has 0 unspecified atom stereocenters. The predicted octanol–water partition coefficient (Wildman–Crippen LogP) is 1.41. The van der Waals surface area contributed by atoms with Gasteiger partial charge in [-0.2, -0.15) is 5.10 Å². The number of methoxy groups -OCH3 is 1. The van der Waals surface area contributed by atoms with E-state index in [0.29, 0.717) is 36.7 Å². The summed E-state index contributed by atoms with van der Waals surface area (Å²) in [5.74, 6) is 0.0693. The molecular formula is C12H21N3O3. The Labute approximate surface area is 107 Å². The minimum absolute atomic E-state index is 0.0921. The first-order valence-electron chi connectivity index (χ1n) is 6.05. The van der Waals surface area contributed by atoms with Crippen LogP contribution < -0.4 is 5.73 Å². The number of aromatic nitrogens is 2. The molecule has 0 spiro atoms. The number of hydrogen-bond acceptors (Lipinski definition) is 5. The average molecular weight is 255 g/mol. The van der Waals surface area contributed by atoms with Crippen LogP contribution in [0.5, 0.6) is 0 Å². The van der Waals surface area contributed by atoms with Crippen LogP contribution >= 0.6 is 0 Å². The fraction of sp³-hybridized carbons (Fsp3) is 0.667. The lowest BCUT2D eigenvalue weighted by atomic mass is 10.1. The Kier molecular flexibility index (Phi) is 5.15. The second-order valence-corrected chi connectivity index (χ2v) is 4.21. The van der Waals surface area contributed by atoms with Gasteiger partial charge in [0, 0.05) is 25.1 Å². The predicted molar refractivity (Wildman–Crippen MR) is 68.6 cm³/mol. The van der Waals surface area contributed by atoms with Crippen molar-refractivity contribution in [1.82, 2.24) is 9.78 Å². The highest BCUT2D eigenvalue weighted by atomic mass is 16.5. The summed E-state index contributed by atoms with van der Waals surface area (Å²) >= 11 is 0. The van der Waals surface area contributed by atoms with Gasteiger partial charge in [-0.25, -0.2) is 9.48 Å². The molecule has 0 atom stereocenters. The van der Waals surface area contributed by atoms with E-state index in [1.165, 1.54) is 0 Å². The van der Waals surface area contributed by atoms with Crippen LogP contribution in [0.4, 0.5) is 5.82 Å². The highest BCUT2D eigenvalue weighted by molar-refractivity contribution is 5.90. The molecule has 0 saturated carbocycles. The molecule has 6 nitrogen and oxygen atoms in total. The van der Waals surface area contributed by atoms with E-state index >= 15 is 0 Å². The Hall–Kier alpha value is -1.56. The fourth-order valence-electron chi connectivity index (χ4n) is 1.69. The van der Waals surface area contributed by atoms with Crippen LogP contribution in [0.1, 0.15) is 42.9 Å². The number of hydrogen-bond donors (Lipinski definition) is 1. The number of nitrogens with zero attached hydrogens (tertiary/aromatic N) is 2. The fourth-order valence-corrected chi connectivity index (χ4v) is 1.69. The van der Waals surface area contributed by atoms with E-state index in [-0.39, 0.29) is 6.04 Å². The number of nitrogens with two attached hydrogens (primary N) is 1. The Balaban J connectivity index is 3.13. The number of rotatable bonds is 6. The van der Waals surface area contributed by atoms with E-state index in [1.54, 1.807) is 18.7 Å². The van der Waals surface area contributed by atoms with Crippen LogP contribution in [0.25, 0.3) is 0 Å². The molecule has 1 aromatic heterocycles. The van der Waals surface area contributed by atoms with Gasteiger partial charge in [-0.05, 0) is 20.8 Å². The minimum atomic E-state index is -0.435. The van der Waals surface area contributed by atoms with Crippen molar-refractivity contribution in [1.29, 1.82) is 0 Å². The van der Waals surface area contributed by atoms with Crippen molar-refractivity contribution in [2.45, 2.75) is 33.2 Å². The van der Waals surface area contributed by atoms with E-state index in [2.05, 4.69) is 5.10 Å². The molecule has 0 aromatic carbocycles. The molecule has 0 radical (unpaired) electrons. The summed E-state index contributed by atoms with van der Waals surface area (Å²) in [6, 6.07) is 0.0921.